The van der Waals surface area contributed by atoms with E-state index in [-0.39, 0.29) is 4.90 Å². The number of sulfonamides is 1. The summed E-state index contributed by atoms with van der Waals surface area (Å²) in [7, 11) is -3.62. The first-order valence-electron chi connectivity index (χ1n) is 5.94. The lowest BCUT2D eigenvalue weighted by Gasteiger charge is -2.07. The number of nitrogens with zero attached hydrogens (tertiary/aromatic N) is 2. The summed E-state index contributed by atoms with van der Waals surface area (Å²) < 4.78 is 28.5. The maximum Gasteiger partial charge on any atom is 0.265 e. The molecule has 8 heteroatoms. The highest BCUT2D eigenvalue weighted by Gasteiger charge is 2.16. The molecular formula is C12H16N4O2S2. The van der Waals surface area contributed by atoms with Crippen LogP contribution in [0.3, 0.4) is 0 Å². The van der Waals surface area contributed by atoms with Crippen molar-refractivity contribution in [2.45, 2.75) is 16.3 Å². The Kier molecular flexibility index (Phi) is 4.69. The molecule has 20 heavy (non-hydrogen) atoms. The molecule has 0 amide bonds. The summed E-state index contributed by atoms with van der Waals surface area (Å²) in [6.07, 6.45) is 4.72. The van der Waals surface area contributed by atoms with Gasteiger partial charge in [-0.15, -0.1) is 11.8 Å². The maximum absolute atomic E-state index is 12.2. The zero-order valence-electron chi connectivity index (χ0n) is 11.0. The molecule has 6 nitrogen and oxygen atoms in total. The first-order chi connectivity index (χ1) is 9.55. The lowest BCUT2D eigenvalue weighted by molar-refractivity contribution is 0.599. The van der Waals surface area contributed by atoms with Gasteiger partial charge in [-0.1, -0.05) is 6.07 Å². The van der Waals surface area contributed by atoms with E-state index in [9.17, 15) is 8.42 Å². The topological polar surface area (TPSA) is 90.0 Å². The van der Waals surface area contributed by atoms with Gasteiger partial charge in [-0.3, -0.25) is 9.40 Å². The number of hydrogen-bond donors (Lipinski definition) is 2. The third-order valence-electron chi connectivity index (χ3n) is 2.60. The SMILES string of the molecule is CSc1cccc(NS(=O)(=O)c2cnn(CCN)c2)c1. The van der Waals surface area contributed by atoms with Gasteiger partial charge < -0.3 is 5.73 Å². The summed E-state index contributed by atoms with van der Waals surface area (Å²) in [6, 6.07) is 7.22. The molecule has 0 saturated carbocycles. The van der Waals surface area contributed by atoms with Crippen LogP contribution in [-0.2, 0) is 16.6 Å². The van der Waals surface area contributed by atoms with Crippen LogP contribution in [0.25, 0.3) is 0 Å². The van der Waals surface area contributed by atoms with Gasteiger partial charge in [-0.25, -0.2) is 8.42 Å². The Morgan fingerprint density at radius 2 is 2.25 bits per heavy atom. The number of nitrogens with two attached hydrogens (primary N) is 1. The van der Waals surface area contributed by atoms with Gasteiger partial charge in [0.2, 0.25) is 0 Å². The summed E-state index contributed by atoms with van der Waals surface area (Å²) >= 11 is 1.55. The average Bonchev–Trinajstić information content (AvgIpc) is 2.88. The number of aromatic nitrogens is 2. The number of thioether (sulfide) groups is 1. The minimum Gasteiger partial charge on any atom is -0.329 e. The molecule has 1 aromatic heterocycles. The quantitative estimate of drug-likeness (QED) is 0.786. The van der Waals surface area contributed by atoms with E-state index in [0.29, 0.717) is 18.8 Å². The molecule has 0 aliphatic heterocycles. The Labute approximate surface area is 122 Å². The van der Waals surface area contributed by atoms with Gasteiger partial charge in [0, 0.05) is 23.3 Å². The highest BCUT2D eigenvalue weighted by Crippen LogP contribution is 2.21. The van der Waals surface area contributed by atoms with Crippen molar-refractivity contribution in [1.29, 1.82) is 0 Å². The third kappa shape index (κ3) is 3.53. The van der Waals surface area contributed by atoms with Gasteiger partial charge in [0.25, 0.3) is 10.0 Å². The van der Waals surface area contributed by atoms with Crippen LogP contribution in [0.4, 0.5) is 5.69 Å². The fourth-order valence-corrected chi connectivity index (χ4v) is 3.10. The standard InChI is InChI=1S/C12H16N4O2S2/c1-19-11-4-2-3-10(7-11)15-20(17,18)12-8-14-16(9-12)6-5-13/h2-4,7-9,15H,5-6,13H2,1H3. The van der Waals surface area contributed by atoms with Crippen molar-refractivity contribution in [3.63, 3.8) is 0 Å². The molecule has 2 rings (SSSR count). The molecule has 0 fully saturated rings. The second kappa shape index (κ2) is 6.29. The van der Waals surface area contributed by atoms with Crippen LogP contribution in [0.15, 0.2) is 46.5 Å². The Morgan fingerprint density at radius 1 is 1.45 bits per heavy atom. The van der Waals surface area contributed by atoms with Crippen molar-refractivity contribution < 1.29 is 8.42 Å². The van der Waals surface area contributed by atoms with Crippen molar-refractivity contribution in [2.75, 3.05) is 17.5 Å². The molecule has 3 N–H and O–H groups in total. The van der Waals surface area contributed by atoms with E-state index in [1.54, 1.807) is 23.9 Å². The number of benzene rings is 1. The fourth-order valence-electron chi connectivity index (χ4n) is 1.64. The number of rotatable bonds is 6. The predicted molar refractivity (Wildman–Crippen MR) is 80.3 cm³/mol. The minimum atomic E-state index is -3.62. The van der Waals surface area contributed by atoms with Crippen LogP contribution in [-0.4, -0.2) is 31.0 Å². The lowest BCUT2D eigenvalue weighted by Crippen LogP contribution is -2.13. The zero-order valence-corrected chi connectivity index (χ0v) is 12.6. The smallest absolute Gasteiger partial charge is 0.265 e. The summed E-state index contributed by atoms with van der Waals surface area (Å²) in [5, 5.41) is 3.96. The molecule has 1 aromatic carbocycles. The van der Waals surface area contributed by atoms with Gasteiger partial charge in [-0.2, -0.15) is 5.10 Å². The fraction of sp³-hybridized carbons (Fsp3) is 0.250. The molecule has 0 saturated heterocycles. The molecule has 0 unspecified atom stereocenters. The molecule has 1 heterocycles. The van der Waals surface area contributed by atoms with Crippen LogP contribution >= 0.6 is 11.8 Å². The zero-order chi connectivity index (χ0) is 14.6. The second-order valence-electron chi connectivity index (χ2n) is 4.07. The molecule has 0 aliphatic carbocycles. The van der Waals surface area contributed by atoms with Gasteiger partial charge in [0.05, 0.1) is 12.7 Å². The Morgan fingerprint density at radius 3 is 2.95 bits per heavy atom. The monoisotopic (exact) mass is 312 g/mol. The Bertz CT molecular complexity index is 682. The molecule has 0 aliphatic rings. The van der Waals surface area contributed by atoms with E-state index in [2.05, 4.69) is 9.82 Å². The van der Waals surface area contributed by atoms with Crippen molar-refractivity contribution >= 4 is 27.5 Å². The van der Waals surface area contributed by atoms with Crippen LogP contribution in [0.2, 0.25) is 0 Å². The molecule has 0 radical (unpaired) electrons. The van der Waals surface area contributed by atoms with Crippen LogP contribution < -0.4 is 10.5 Å². The van der Waals surface area contributed by atoms with E-state index in [1.165, 1.54) is 17.1 Å². The molecule has 2 aromatic rings. The predicted octanol–water partition coefficient (Wildman–Crippen LogP) is 1.36. The van der Waals surface area contributed by atoms with Crippen LogP contribution in [0, 0.1) is 0 Å². The largest absolute Gasteiger partial charge is 0.329 e. The Balaban J connectivity index is 2.21. The lowest BCUT2D eigenvalue weighted by atomic mass is 10.3. The van der Waals surface area contributed by atoms with Gasteiger partial charge in [-0.05, 0) is 24.5 Å². The van der Waals surface area contributed by atoms with Gasteiger partial charge >= 0.3 is 0 Å². The van der Waals surface area contributed by atoms with Crippen molar-refractivity contribution in [2.24, 2.45) is 5.73 Å². The number of nitrogens with one attached hydrogen (secondary N) is 1. The van der Waals surface area contributed by atoms with E-state index in [0.717, 1.165) is 4.90 Å². The van der Waals surface area contributed by atoms with Crippen molar-refractivity contribution in [3.05, 3.63) is 36.7 Å². The van der Waals surface area contributed by atoms with Crippen molar-refractivity contribution in [1.82, 2.24) is 9.78 Å². The van der Waals surface area contributed by atoms with Crippen molar-refractivity contribution in [3.8, 4) is 0 Å². The van der Waals surface area contributed by atoms with E-state index in [4.69, 9.17) is 5.73 Å². The molecule has 0 bridgehead atoms. The summed E-state index contributed by atoms with van der Waals surface area (Å²) in [4.78, 5) is 1.12. The summed E-state index contributed by atoms with van der Waals surface area (Å²) in [5.74, 6) is 0. The third-order valence-corrected chi connectivity index (χ3v) is 4.66. The first kappa shape index (κ1) is 14.9. The van der Waals surface area contributed by atoms with Gasteiger partial charge in [0.1, 0.15) is 4.90 Å². The highest BCUT2D eigenvalue weighted by atomic mass is 32.2. The normalized spacial score (nSPS) is 11.5. The van der Waals surface area contributed by atoms with Crippen LogP contribution in [0.1, 0.15) is 0 Å². The van der Waals surface area contributed by atoms with Gasteiger partial charge in [0.15, 0.2) is 0 Å². The first-order valence-corrected chi connectivity index (χ1v) is 8.65. The number of hydrogen-bond acceptors (Lipinski definition) is 5. The minimum absolute atomic E-state index is 0.125. The molecular weight excluding hydrogens is 296 g/mol. The summed E-state index contributed by atoms with van der Waals surface area (Å²) in [6.45, 7) is 0.891. The average molecular weight is 312 g/mol. The molecule has 0 atom stereocenters. The van der Waals surface area contributed by atoms with E-state index in [1.807, 2.05) is 18.4 Å². The maximum atomic E-state index is 12.2. The van der Waals surface area contributed by atoms with E-state index >= 15 is 0 Å². The van der Waals surface area contributed by atoms with Crippen LogP contribution in [0.5, 0.6) is 0 Å². The number of anilines is 1. The molecule has 0 spiro atoms. The second-order valence-corrected chi connectivity index (χ2v) is 6.63. The Hall–Kier alpha value is -1.51. The highest BCUT2D eigenvalue weighted by molar-refractivity contribution is 7.98. The summed E-state index contributed by atoms with van der Waals surface area (Å²) in [5.41, 5.74) is 5.94. The van der Waals surface area contributed by atoms with E-state index < -0.39 is 10.0 Å². The molecule has 108 valence electrons.